The number of rotatable bonds is 3. The van der Waals surface area contributed by atoms with Crippen molar-refractivity contribution in [2.45, 2.75) is 24.9 Å². The molecule has 82 valence electrons. The molecule has 2 unspecified atom stereocenters. The van der Waals surface area contributed by atoms with Gasteiger partial charge in [0.1, 0.15) is 5.75 Å². The van der Waals surface area contributed by atoms with Crippen LogP contribution < -0.4 is 10.5 Å². The van der Waals surface area contributed by atoms with Gasteiger partial charge in [-0.05, 0) is 30.4 Å². The number of fused-ring (bicyclic) bond motifs is 1. The van der Waals surface area contributed by atoms with E-state index >= 15 is 0 Å². The summed E-state index contributed by atoms with van der Waals surface area (Å²) < 4.78 is 5.56. The normalized spacial score (nSPS) is 21.6. The third-order valence-corrected chi connectivity index (χ3v) is 2.91. The van der Waals surface area contributed by atoms with Crippen molar-refractivity contribution in [3.05, 3.63) is 29.8 Å². The summed E-state index contributed by atoms with van der Waals surface area (Å²) in [5.74, 6) is 1.34. The van der Waals surface area contributed by atoms with Gasteiger partial charge in [0.05, 0.1) is 12.7 Å². The topological polar surface area (TPSA) is 55.5 Å². The first-order valence-electron chi connectivity index (χ1n) is 5.41. The molecule has 15 heavy (non-hydrogen) atoms. The second-order valence-corrected chi connectivity index (χ2v) is 4.00. The Hall–Kier alpha value is -1.06. The van der Waals surface area contributed by atoms with Crippen molar-refractivity contribution < 1.29 is 9.84 Å². The predicted octanol–water partition coefficient (Wildman–Crippen LogP) is 1.26. The molecule has 1 aromatic rings. The van der Waals surface area contributed by atoms with Crippen LogP contribution in [0.2, 0.25) is 0 Å². The lowest BCUT2D eigenvalue weighted by Crippen LogP contribution is -2.24. The van der Waals surface area contributed by atoms with Crippen molar-refractivity contribution in [3.8, 4) is 5.75 Å². The van der Waals surface area contributed by atoms with Gasteiger partial charge in [0.25, 0.3) is 0 Å². The molecule has 1 aromatic carbocycles. The summed E-state index contributed by atoms with van der Waals surface area (Å²) in [6, 6.07) is 8.04. The summed E-state index contributed by atoms with van der Waals surface area (Å²) in [6.45, 7) is 1.07. The zero-order valence-electron chi connectivity index (χ0n) is 8.73. The summed E-state index contributed by atoms with van der Waals surface area (Å²) >= 11 is 0. The van der Waals surface area contributed by atoms with E-state index in [2.05, 4.69) is 6.07 Å². The van der Waals surface area contributed by atoms with Crippen LogP contribution in [0.25, 0.3) is 0 Å². The average molecular weight is 207 g/mol. The van der Waals surface area contributed by atoms with Gasteiger partial charge in [-0.3, -0.25) is 0 Å². The number of aliphatic hydroxyl groups excluding tert-OH is 1. The lowest BCUT2D eigenvalue weighted by atomic mass is 9.88. The van der Waals surface area contributed by atoms with E-state index in [-0.39, 0.29) is 0 Å². The molecule has 0 saturated heterocycles. The van der Waals surface area contributed by atoms with Crippen LogP contribution in [-0.2, 0) is 0 Å². The Balaban J connectivity index is 2.15. The van der Waals surface area contributed by atoms with E-state index < -0.39 is 6.10 Å². The van der Waals surface area contributed by atoms with Gasteiger partial charge in [-0.1, -0.05) is 18.2 Å². The molecule has 3 N–H and O–H groups in total. The molecule has 1 heterocycles. The van der Waals surface area contributed by atoms with E-state index in [9.17, 15) is 5.11 Å². The Morgan fingerprint density at radius 3 is 3.07 bits per heavy atom. The first-order valence-corrected chi connectivity index (χ1v) is 5.41. The minimum atomic E-state index is -0.402. The maximum atomic E-state index is 9.57. The molecule has 3 heteroatoms. The van der Waals surface area contributed by atoms with Crippen LogP contribution in [0, 0.1) is 0 Å². The first kappa shape index (κ1) is 10.5. The highest BCUT2D eigenvalue weighted by molar-refractivity contribution is 5.37. The van der Waals surface area contributed by atoms with E-state index in [1.807, 2.05) is 18.2 Å². The number of hydrogen-bond donors (Lipinski definition) is 2. The molecule has 2 rings (SSSR count). The van der Waals surface area contributed by atoms with Gasteiger partial charge in [-0.25, -0.2) is 0 Å². The molecule has 1 aliphatic rings. The highest BCUT2D eigenvalue weighted by Crippen LogP contribution is 2.35. The molecular weight excluding hydrogens is 190 g/mol. The van der Waals surface area contributed by atoms with Crippen molar-refractivity contribution in [1.29, 1.82) is 0 Å². The second kappa shape index (κ2) is 4.64. The molecule has 1 aliphatic heterocycles. The fourth-order valence-corrected chi connectivity index (χ4v) is 2.09. The Bertz CT molecular complexity index is 327. The van der Waals surface area contributed by atoms with Gasteiger partial charge >= 0.3 is 0 Å². The zero-order valence-corrected chi connectivity index (χ0v) is 8.73. The first-order chi connectivity index (χ1) is 7.31. The van der Waals surface area contributed by atoms with Crippen LogP contribution in [0.5, 0.6) is 5.75 Å². The number of benzene rings is 1. The molecule has 0 fully saturated rings. The molecule has 0 saturated carbocycles. The van der Waals surface area contributed by atoms with Gasteiger partial charge in [0, 0.05) is 6.54 Å². The molecule has 0 radical (unpaired) electrons. The highest BCUT2D eigenvalue weighted by Gasteiger charge is 2.22. The SMILES string of the molecule is NCC(O)CC1CCOc2ccccc21. The minimum Gasteiger partial charge on any atom is -0.493 e. The lowest BCUT2D eigenvalue weighted by Gasteiger charge is -2.27. The smallest absolute Gasteiger partial charge is 0.122 e. The average Bonchev–Trinajstić information content (AvgIpc) is 2.29. The molecule has 2 atom stereocenters. The molecule has 0 aliphatic carbocycles. The Morgan fingerprint density at radius 1 is 1.47 bits per heavy atom. The van der Waals surface area contributed by atoms with Crippen molar-refractivity contribution in [2.75, 3.05) is 13.2 Å². The summed E-state index contributed by atoms with van der Waals surface area (Å²) in [5.41, 5.74) is 6.63. The molecule has 0 aromatic heterocycles. The van der Waals surface area contributed by atoms with Gasteiger partial charge in [-0.2, -0.15) is 0 Å². The van der Waals surface area contributed by atoms with E-state index in [1.165, 1.54) is 5.56 Å². The van der Waals surface area contributed by atoms with Crippen molar-refractivity contribution >= 4 is 0 Å². The Labute approximate surface area is 89.9 Å². The van der Waals surface area contributed by atoms with Crippen LogP contribution in [0.15, 0.2) is 24.3 Å². The fraction of sp³-hybridized carbons (Fsp3) is 0.500. The lowest BCUT2D eigenvalue weighted by molar-refractivity contribution is 0.150. The van der Waals surface area contributed by atoms with Crippen LogP contribution in [0.4, 0.5) is 0 Å². The minimum absolute atomic E-state index is 0.333. The highest BCUT2D eigenvalue weighted by atomic mass is 16.5. The maximum absolute atomic E-state index is 9.57. The van der Waals surface area contributed by atoms with Gasteiger partial charge in [0.15, 0.2) is 0 Å². The van der Waals surface area contributed by atoms with Crippen LogP contribution in [0.3, 0.4) is 0 Å². The largest absolute Gasteiger partial charge is 0.493 e. The van der Waals surface area contributed by atoms with Crippen LogP contribution >= 0.6 is 0 Å². The van der Waals surface area contributed by atoms with Crippen LogP contribution in [0.1, 0.15) is 24.3 Å². The number of aliphatic hydroxyl groups is 1. The fourth-order valence-electron chi connectivity index (χ4n) is 2.09. The quantitative estimate of drug-likeness (QED) is 0.784. The number of hydrogen-bond acceptors (Lipinski definition) is 3. The van der Waals surface area contributed by atoms with Crippen molar-refractivity contribution in [3.63, 3.8) is 0 Å². The zero-order chi connectivity index (χ0) is 10.7. The van der Waals surface area contributed by atoms with Gasteiger partial charge in [-0.15, -0.1) is 0 Å². The molecule has 0 amide bonds. The molecule has 0 spiro atoms. The summed E-state index contributed by atoms with van der Waals surface area (Å²) in [6.07, 6.45) is 1.30. The number of para-hydroxylation sites is 1. The molecule has 3 nitrogen and oxygen atoms in total. The van der Waals surface area contributed by atoms with E-state index in [0.29, 0.717) is 12.5 Å². The third kappa shape index (κ3) is 2.30. The van der Waals surface area contributed by atoms with Crippen molar-refractivity contribution in [1.82, 2.24) is 0 Å². The second-order valence-electron chi connectivity index (χ2n) is 4.00. The van der Waals surface area contributed by atoms with E-state index in [1.54, 1.807) is 0 Å². The summed E-state index contributed by atoms with van der Waals surface area (Å²) in [7, 11) is 0. The van der Waals surface area contributed by atoms with E-state index in [0.717, 1.165) is 25.2 Å². The Morgan fingerprint density at radius 2 is 2.27 bits per heavy atom. The predicted molar refractivity (Wildman–Crippen MR) is 59.0 cm³/mol. The summed E-state index contributed by atoms with van der Waals surface area (Å²) in [5, 5.41) is 9.57. The monoisotopic (exact) mass is 207 g/mol. The number of ether oxygens (including phenoxy) is 1. The third-order valence-electron chi connectivity index (χ3n) is 2.91. The molecule has 0 bridgehead atoms. The Kier molecular flexibility index (Phi) is 3.23. The maximum Gasteiger partial charge on any atom is 0.122 e. The van der Waals surface area contributed by atoms with Gasteiger partial charge < -0.3 is 15.6 Å². The van der Waals surface area contributed by atoms with Crippen molar-refractivity contribution in [2.24, 2.45) is 5.73 Å². The standard InChI is InChI=1S/C12H17NO2/c13-8-10(14)7-9-5-6-15-12-4-2-1-3-11(9)12/h1-4,9-10,14H,5-8,13H2. The van der Waals surface area contributed by atoms with Gasteiger partial charge in [0.2, 0.25) is 0 Å². The molecular formula is C12H17NO2. The summed E-state index contributed by atoms with van der Waals surface area (Å²) in [4.78, 5) is 0. The van der Waals surface area contributed by atoms with E-state index in [4.69, 9.17) is 10.5 Å². The number of nitrogens with two attached hydrogens (primary N) is 1. The van der Waals surface area contributed by atoms with Crippen LogP contribution in [-0.4, -0.2) is 24.4 Å².